The second kappa shape index (κ2) is 19.0. The third-order valence-electron chi connectivity index (χ3n) is 14.4. The van der Waals surface area contributed by atoms with E-state index in [2.05, 4.69) is 18.3 Å². The van der Waals surface area contributed by atoms with Gasteiger partial charge in [-0.25, -0.2) is 9.59 Å². The highest BCUT2D eigenvalue weighted by Crippen LogP contribution is 2.65. The van der Waals surface area contributed by atoms with Gasteiger partial charge in [-0.1, -0.05) is 38.7 Å². The minimum atomic E-state index is -1.52. The average molecular weight is 983 g/mol. The largest absolute Gasteiger partial charge is 0.504 e. The van der Waals surface area contributed by atoms with Gasteiger partial charge in [0, 0.05) is 47.9 Å². The van der Waals surface area contributed by atoms with Crippen LogP contribution in [0.15, 0.2) is 18.2 Å². The van der Waals surface area contributed by atoms with Gasteiger partial charge >= 0.3 is 24.0 Å². The minimum absolute atomic E-state index is 0.000854. The molecule has 0 radical (unpaired) electrons. The highest BCUT2D eigenvalue weighted by molar-refractivity contribution is 7.99. The fourth-order valence-corrected chi connectivity index (χ4v) is 13.3. The number of carbonyl (C=O) groups is 4. The van der Waals surface area contributed by atoms with Crippen LogP contribution in [0.4, 0.5) is 4.79 Å². The number of carbonyl (C=O) groups excluding carboxylic acids is 4. The second-order valence-electron chi connectivity index (χ2n) is 19.9. The number of esters is 3. The van der Waals surface area contributed by atoms with Crippen LogP contribution in [0, 0.1) is 25.2 Å². The third-order valence-corrected chi connectivity index (χ3v) is 15.9. The van der Waals surface area contributed by atoms with E-state index in [1.807, 2.05) is 17.9 Å². The summed E-state index contributed by atoms with van der Waals surface area (Å²) in [5, 5.41) is 26.6. The maximum atomic E-state index is 15.3. The Balaban J connectivity index is 1.25. The van der Waals surface area contributed by atoms with Crippen LogP contribution in [-0.2, 0) is 42.2 Å². The Labute approximate surface area is 412 Å². The van der Waals surface area contributed by atoms with Gasteiger partial charge in [0.25, 0.3) is 0 Å². The molecule has 70 heavy (non-hydrogen) atoms. The number of nitrogens with zero attached hydrogens (tertiary/aromatic N) is 3. The number of hydrogen-bond donors (Lipinski definition) is 2. The van der Waals surface area contributed by atoms with E-state index >= 15 is 4.79 Å². The van der Waals surface area contributed by atoms with E-state index in [0.29, 0.717) is 64.3 Å². The van der Waals surface area contributed by atoms with Crippen molar-refractivity contribution in [3.63, 3.8) is 0 Å². The molecule has 4 bridgehead atoms. The summed E-state index contributed by atoms with van der Waals surface area (Å²) >= 11 is 1.35. The molecule has 1 amide bonds. The van der Waals surface area contributed by atoms with Gasteiger partial charge in [-0.2, -0.15) is 5.26 Å². The number of nitriles is 1. The van der Waals surface area contributed by atoms with Crippen LogP contribution in [0.5, 0.6) is 40.2 Å². The zero-order valence-corrected chi connectivity index (χ0v) is 42.1. The van der Waals surface area contributed by atoms with Crippen molar-refractivity contribution >= 4 is 35.8 Å². The van der Waals surface area contributed by atoms with E-state index < -0.39 is 64.6 Å². The van der Waals surface area contributed by atoms with Crippen LogP contribution < -0.4 is 33.7 Å². The maximum Gasteiger partial charge on any atom is 0.411 e. The number of piperazine rings is 1. The number of hydrogen-bond acceptors (Lipinski definition) is 17. The molecule has 3 aromatic carbocycles. The van der Waals surface area contributed by atoms with Crippen LogP contribution >= 0.6 is 11.8 Å². The number of aromatic hydroxyl groups is 1. The van der Waals surface area contributed by atoms with E-state index in [0.717, 1.165) is 36.8 Å². The van der Waals surface area contributed by atoms with E-state index in [9.17, 15) is 24.8 Å². The first-order valence-corrected chi connectivity index (χ1v) is 25.2. The summed E-state index contributed by atoms with van der Waals surface area (Å²) in [7, 11) is 2.95. The van der Waals surface area contributed by atoms with Crippen molar-refractivity contribution in [2.24, 2.45) is 0 Å². The molecule has 374 valence electrons. The predicted molar refractivity (Wildman–Crippen MR) is 256 cm³/mol. The molecule has 0 aliphatic carbocycles. The van der Waals surface area contributed by atoms with E-state index in [1.165, 1.54) is 32.9 Å². The summed E-state index contributed by atoms with van der Waals surface area (Å²) in [5.41, 5.74) is 2.25. The first-order valence-electron chi connectivity index (χ1n) is 24.2. The lowest BCUT2D eigenvalue weighted by Gasteiger charge is -2.62. The number of benzene rings is 3. The Kier molecular flexibility index (Phi) is 13.3. The maximum absolute atomic E-state index is 15.3. The molecule has 0 saturated carbocycles. The van der Waals surface area contributed by atoms with Crippen molar-refractivity contribution in [2.75, 3.05) is 39.9 Å². The first kappa shape index (κ1) is 49.1. The highest BCUT2D eigenvalue weighted by Gasteiger charge is 2.64. The molecule has 7 aliphatic rings. The molecule has 2 fully saturated rings. The molecular formula is C52H62N4O13S. The van der Waals surface area contributed by atoms with Crippen LogP contribution in [0.1, 0.15) is 135 Å². The SMILES string of the molecule is CCCCCCCC(=O)Oc1cc2c(cc1OC)[C@@]1(CS[C@@H]3c4c(OC(C)=O)c(C)c5c(c4[C@H](COC1=O)N1C3[C@H]3c4c(cc(C)c(OC)c4O)C[C@@H]([C@@H]1C#N)N3C(=O)OC(C)(C)C)OCO5)NCC2. The van der Waals surface area contributed by atoms with Gasteiger partial charge in [0.15, 0.2) is 40.0 Å². The number of amides is 1. The predicted octanol–water partition coefficient (Wildman–Crippen LogP) is 7.85. The number of ether oxygens (including phenoxy) is 8. The number of nitrogens with one attached hydrogen (secondary N) is 1. The lowest BCUT2D eigenvalue weighted by Crippen LogP contribution is -2.71. The summed E-state index contributed by atoms with van der Waals surface area (Å²) in [5.74, 6) is -0.0312. The number of phenolic OH excluding ortho intramolecular Hbond substituents is 1. The van der Waals surface area contributed by atoms with Crippen LogP contribution in [0.2, 0.25) is 0 Å². The molecule has 10 rings (SSSR count). The Morgan fingerprint density at radius 1 is 0.957 bits per heavy atom. The summed E-state index contributed by atoms with van der Waals surface area (Å²) in [6.07, 6.45) is 5.11. The van der Waals surface area contributed by atoms with Crippen molar-refractivity contribution in [3.05, 3.63) is 62.7 Å². The molecule has 7 aliphatic heterocycles. The van der Waals surface area contributed by atoms with Gasteiger partial charge in [0.2, 0.25) is 6.79 Å². The molecule has 17 nitrogen and oxygen atoms in total. The Morgan fingerprint density at radius 3 is 2.41 bits per heavy atom. The number of methoxy groups -OCH3 is 2. The summed E-state index contributed by atoms with van der Waals surface area (Å²) in [4.78, 5) is 60.2. The quantitative estimate of drug-likeness (QED) is 0.113. The fourth-order valence-electron chi connectivity index (χ4n) is 11.6. The van der Waals surface area contributed by atoms with Gasteiger partial charge in [-0.3, -0.25) is 24.7 Å². The zero-order valence-electron chi connectivity index (χ0n) is 41.3. The smallest absolute Gasteiger partial charge is 0.411 e. The number of thioether (sulfide) groups is 1. The molecule has 1 spiro atoms. The highest BCUT2D eigenvalue weighted by atomic mass is 32.2. The van der Waals surface area contributed by atoms with E-state index in [4.69, 9.17) is 37.9 Å². The average Bonchev–Trinajstić information content (AvgIpc) is 3.80. The summed E-state index contributed by atoms with van der Waals surface area (Å²) < 4.78 is 48.9. The van der Waals surface area contributed by atoms with Gasteiger partial charge in [-0.15, -0.1) is 11.8 Å². The molecule has 1 unspecified atom stereocenters. The van der Waals surface area contributed by atoms with Crippen LogP contribution in [0.25, 0.3) is 0 Å². The standard InChI is InChI=1S/C52H62N4O13S/c1-10-11-12-13-14-15-37(58)68-36-20-29-16-17-54-52(31(29)21-35(36)62-8)24-70-48-40-39(47-46(65-25-66-47)27(3)45(40)67-28(4)57)34(23-64-49(52)60)55-33(22-53)32-19-30-18-26(2)44(63-9)43(59)38(30)41(42(48)55)56(32)50(61)69-51(5,6)7/h18,20-21,32-34,41-42,48,54,59H,10-17,19,23-25H2,1-9H3/t32-,33-,34-,41+,42?,48+,52+/m0/s1. The number of fused-ring (bicyclic) bond motifs is 9. The lowest BCUT2D eigenvalue weighted by molar-refractivity contribution is -0.157. The number of aryl methyl sites for hydroxylation is 1. The minimum Gasteiger partial charge on any atom is -0.504 e. The van der Waals surface area contributed by atoms with E-state index in [1.54, 1.807) is 44.7 Å². The van der Waals surface area contributed by atoms with Crippen LogP contribution in [-0.4, -0.2) is 103 Å². The Bertz CT molecular complexity index is 2680. The normalized spacial score (nSPS) is 25.1. The molecular weight excluding hydrogens is 921 g/mol. The Hall–Kier alpha value is -5.90. The Morgan fingerprint density at radius 2 is 1.71 bits per heavy atom. The summed E-state index contributed by atoms with van der Waals surface area (Å²) in [6, 6.07) is 3.30. The molecule has 18 heteroatoms. The van der Waals surface area contributed by atoms with Crippen molar-refractivity contribution in [1.29, 1.82) is 5.26 Å². The van der Waals surface area contributed by atoms with Gasteiger partial charge in [0.1, 0.15) is 24.0 Å². The van der Waals surface area contributed by atoms with Crippen molar-refractivity contribution in [3.8, 4) is 46.3 Å². The lowest BCUT2D eigenvalue weighted by atomic mass is 9.71. The number of phenols is 1. The van der Waals surface area contributed by atoms with Gasteiger partial charge < -0.3 is 43.0 Å². The molecule has 0 aromatic heterocycles. The summed E-state index contributed by atoms with van der Waals surface area (Å²) in [6.45, 7) is 12.3. The van der Waals surface area contributed by atoms with Crippen molar-refractivity contribution < 1.29 is 62.2 Å². The van der Waals surface area contributed by atoms with E-state index in [-0.39, 0.29) is 66.7 Å². The number of rotatable bonds is 10. The molecule has 7 heterocycles. The number of unbranched alkanes of at least 4 members (excludes halogenated alkanes) is 4. The van der Waals surface area contributed by atoms with Gasteiger partial charge in [0.05, 0.1) is 49.7 Å². The van der Waals surface area contributed by atoms with Gasteiger partial charge in [-0.05, 0) is 88.3 Å². The second-order valence-corrected chi connectivity index (χ2v) is 21.1. The molecule has 2 saturated heterocycles. The van der Waals surface area contributed by atoms with Crippen LogP contribution in [0.3, 0.4) is 0 Å². The van der Waals surface area contributed by atoms with Crippen molar-refractivity contribution in [2.45, 2.75) is 146 Å². The topological polar surface area (TPSA) is 205 Å². The zero-order chi connectivity index (χ0) is 50.0. The third kappa shape index (κ3) is 8.20. The monoisotopic (exact) mass is 982 g/mol. The fraction of sp³-hybridized carbons (Fsp3) is 0.558. The molecule has 3 aromatic rings. The molecule has 2 N–H and O–H groups in total. The van der Waals surface area contributed by atoms with Crippen molar-refractivity contribution in [1.82, 2.24) is 15.1 Å². The molecule has 7 atom stereocenters. The first-order chi connectivity index (χ1) is 33.5.